The summed E-state index contributed by atoms with van der Waals surface area (Å²) in [7, 11) is 1.30. The summed E-state index contributed by atoms with van der Waals surface area (Å²) in [6, 6.07) is 5.03. The van der Waals surface area contributed by atoms with Gasteiger partial charge in [0.15, 0.2) is 0 Å². The van der Waals surface area contributed by atoms with Crippen LogP contribution < -0.4 is 0 Å². The molecule has 2 aliphatic heterocycles. The highest BCUT2D eigenvalue weighted by atomic mass is 35.5. The molecule has 1 atom stereocenters. The second-order valence-corrected chi connectivity index (χ2v) is 7.05. The number of methoxy groups -OCH3 is 1. The number of hydrogen-bond donors (Lipinski definition) is 0. The molecule has 0 bridgehead atoms. The van der Waals surface area contributed by atoms with E-state index in [1.807, 2.05) is 0 Å². The molecule has 1 amide bonds. The van der Waals surface area contributed by atoms with Crippen molar-refractivity contribution in [1.82, 2.24) is 4.90 Å². The number of ether oxygens (including phenoxy) is 2. The third kappa shape index (κ3) is 3.65. The first-order valence-corrected chi connectivity index (χ1v) is 9.07. The molecule has 26 heavy (non-hydrogen) atoms. The summed E-state index contributed by atoms with van der Waals surface area (Å²) in [6.45, 7) is 2.87. The smallest absolute Gasteiger partial charge is 0.340 e. The topological polar surface area (TPSA) is 55.8 Å². The fraction of sp³-hybridized carbons (Fsp3) is 0.368. The van der Waals surface area contributed by atoms with Crippen molar-refractivity contribution < 1.29 is 19.1 Å². The van der Waals surface area contributed by atoms with Crippen LogP contribution in [-0.2, 0) is 19.1 Å². The maximum Gasteiger partial charge on any atom is 0.340 e. The lowest BCUT2D eigenvalue weighted by Crippen LogP contribution is -2.33. The molecule has 0 radical (unpaired) electrons. The molecule has 1 aromatic rings. The van der Waals surface area contributed by atoms with Crippen LogP contribution in [0.2, 0.25) is 10.0 Å². The van der Waals surface area contributed by atoms with Crippen molar-refractivity contribution in [2.45, 2.75) is 25.9 Å². The highest BCUT2D eigenvalue weighted by molar-refractivity contribution is 6.42. The first-order chi connectivity index (χ1) is 12.4. The number of amides is 1. The second kappa shape index (κ2) is 7.82. The van der Waals surface area contributed by atoms with Crippen LogP contribution in [-0.4, -0.2) is 43.1 Å². The van der Waals surface area contributed by atoms with Gasteiger partial charge in [-0.05, 0) is 43.5 Å². The molecule has 5 nitrogen and oxygen atoms in total. The third-order valence-electron chi connectivity index (χ3n) is 4.57. The van der Waals surface area contributed by atoms with Gasteiger partial charge in [0.1, 0.15) is 0 Å². The van der Waals surface area contributed by atoms with Crippen LogP contribution in [0.1, 0.15) is 25.3 Å². The molecule has 0 saturated carbocycles. The Hall–Kier alpha value is -1.82. The zero-order valence-electron chi connectivity index (χ0n) is 14.6. The second-order valence-electron chi connectivity index (χ2n) is 6.23. The van der Waals surface area contributed by atoms with Gasteiger partial charge in [0.2, 0.25) is 0 Å². The van der Waals surface area contributed by atoms with E-state index in [0.29, 0.717) is 34.5 Å². The number of hydrogen-bond acceptors (Lipinski definition) is 4. The highest BCUT2D eigenvalue weighted by Crippen LogP contribution is 2.33. The molecular formula is C19H19Cl2NO4. The molecule has 138 valence electrons. The van der Waals surface area contributed by atoms with Crippen LogP contribution in [0.15, 0.2) is 35.0 Å². The first kappa shape index (κ1) is 19.0. The average molecular weight is 396 g/mol. The Labute approximate surface area is 162 Å². The van der Waals surface area contributed by atoms with Crippen LogP contribution in [0.4, 0.5) is 0 Å². The van der Waals surface area contributed by atoms with Crippen molar-refractivity contribution in [3.63, 3.8) is 0 Å². The van der Waals surface area contributed by atoms with Gasteiger partial charge in [-0.25, -0.2) is 4.79 Å². The number of esters is 1. The lowest BCUT2D eigenvalue weighted by molar-refractivity contribution is -0.136. The molecule has 0 aliphatic carbocycles. The van der Waals surface area contributed by atoms with Gasteiger partial charge in [-0.1, -0.05) is 29.3 Å². The normalized spacial score (nSPS) is 21.8. The number of halogens is 2. The first-order valence-electron chi connectivity index (χ1n) is 8.32. The Bertz CT molecular complexity index is 810. The van der Waals surface area contributed by atoms with Crippen molar-refractivity contribution in [3.8, 4) is 0 Å². The molecule has 1 fully saturated rings. The molecule has 3 rings (SSSR count). The fourth-order valence-electron chi connectivity index (χ4n) is 3.21. The summed E-state index contributed by atoms with van der Waals surface area (Å²) in [4.78, 5) is 26.9. The summed E-state index contributed by atoms with van der Waals surface area (Å²) < 4.78 is 10.5. The Kier molecular flexibility index (Phi) is 5.70. The van der Waals surface area contributed by atoms with Crippen LogP contribution in [0, 0.1) is 0 Å². The number of rotatable bonds is 4. The van der Waals surface area contributed by atoms with E-state index in [4.69, 9.17) is 32.7 Å². The number of benzene rings is 1. The van der Waals surface area contributed by atoms with Crippen LogP contribution in [0.3, 0.4) is 0 Å². The van der Waals surface area contributed by atoms with Gasteiger partial charge in [0.25, 0.3) is 5.91 Å². The van der Waals surface area contributed by atoms with E-state index >= 15 is 0 Å². The van der Waals surface area contributed by atoms with Gasteiger partial charge < -0.3 is 14.4 Å². The standard InChI is InChI=1S/C19H19Cl2NO4/c1-11-17(19(24)25-2)14(8-12-5-6-15(20)16(21)9-12)18(23)22(11)10-13-4-3-7-26-13/h5-6,8-9,13H,3-4,7,10H2,1-2H3/b14-8-/t13-/m0/s1. The maximum absolute atomic E-state index is 13.0. The predicted molar refractivity (Wildman–Crippen MR) is 99.8 cm³/mol. The lowest BCUT2D eigenvalue weighted by Gasteiger charge is -2.21. The predicted octanol–water partition coefficient (Wildman–Crippen LogP) is 3.85. The molecular weight excluding hydrogens is 377 g/mol. The van der Waals surface area contributed by atoms with Crippen LogP contribution in [0.25, 0.3) is 6.08 Å². The SMILES string of the molecule is COC(=O)C1=C(C)N(C[C@@H]2CCCO2)C(=O)/C1=C\c1ccc(Cl)c(Cl)c1. The number of allylic oxidation sites excluding steroid dienone is 1. The van der Waals surface area contributed by atoms with Crippen molar-refractivity contribution in [2.75, 3.05) is 20.3 Å². The summed E-state index contributed by atoms with van der Waals surface area (Å²) in [5.74, 6) is -0.790. The van der Waals surface area contributed by atoms with Crippen molar-refractivity contribution in [2.24, 2.45) is 0 Å². The zero-order chi connectivity index (χ0) is 18.8. The third-order valence-corrected chi connectivity index (χ3v) is 5.30. The molecule has 1 saturated heterocycles. The Morgan fingerprint density at radius 1 is 1.38 bits per heavy atom. The molecule has 0 spiro atoms. The van der Waals surface area contributed by atoms with E-state index in [1.54, 1.807) is 36.1 Å². The van der Waals surface area contributed by atoms with Crippen molar-refractivity contribution in [1.29, 1.82) is 0 Å². The van der Waals surface area contributed by atoms with E-state index in [2.05, 4.69) is 0 Å². The molecule has 7 heteroatoms. The van der Waals surface area contributed by atoms with Gasteiger partial charge in [-0.2, -0.15) is 0 Å². The molecule has 2 heterocycles. The monoisotopic (exact) mass is 395 g/mol. The average Bonchev–Trinajstić information content (AvgIpc) is 3.21. The van der Waals surface area contributed by atoms with Gasteiger partial charge in [0.05, 0.1) is 40.9 Å². The molecule has 1 aromatic carbocycles. The molecule has 0 N–H and O–H groups in total. The molecule has 0 aromatic heterocycles. The van der Waals surface area contributed by atoms with Gasteiger partial charge in [-0.3, -0.25) is 4.79 Å². The maximum atomic E-state index is 13.0. The summed E-state index contributed by atoms with van der Waals surface area (Å²) >= 11 is 12.0. The van der Waals surface area contributed by atoms with Gasteiger partial charge in [0, 0.05) is 12.3 Å². The molecule has 2 aliphatic rings. The van der Waals surface area contributed by atoms with Gasteiger partial charge >= 0.3 is 5.97 Å². The Morgan fingerprint density at radius 2 is 2.15 bits per heavy atom. The van der Waals surface area contributed by atoms with Crippen LogP contribution >= 0.6 is 23.2 Å². The largest absolute Gasteiger partial charge is 0.465 e. The van der Waals surface area contributed by atoms with E-state index in [9.17, 15) is 9.59 Å². The van der Waals surface area contributed by atoms with Crippen molar-refractivity contribution >= 4 is 41.2 Å². The van der Waals surface area contributed by atoms with Gasteiger partial charge in [-0.15, -0.1) is 0 Å². The van der Waals surface area contributed by atoms with Crippen molar-refractivity contribution in [3.05, 3.63) is 50.7 Å². The number of nitrogens with zero attached hydrogens (tertiary/aromatic N) is 1. The summed E-state index contributed by atoms with van der Waals surface area (Å²) in [5.41, 5.74) is 1.80. The zero-order valence-corrected chi connectivity index (χ0v) is 16.1. The van der Waals surface area contributed by atoms with Crippen LogP contribution in [0.5, 0.6) is 0 Å². The molecule has 0 unspecified atom stereocenters. The Morgan fingerprint density at radius 3 is 2.77 bits per heavy atom. The minimum absolute atomic E-state index is 0.0166. The minimum atomic E-state index is -0.544. The van der Waals surface area contributed by atoms with E-state index in [1.165, 1.54) is 7.11 Å². The van der Waals surface area contributed by atoms with E-state index < -0.39 is 5.97 Å². The summed E-state index contributed by atoms with van der Waals surface area (Å²) in [6.07, 6.45) is 3.49. The number of carbonyl (C=O) groups is 2. The Balaban J connectivity index is 1.99. The lowest BCUT2D eigenvalue weighted by atomic mass is 10.0. The fourth-order valence-corrected chi connectivity index (χ4v) is 3.52. The highest BCUT2D eigenvalue weighted by Gasteiger charge is 2.38. The van der Waals surface area contributed by atoms with E-state index in [-0.39, 0.29) is 23.2 Å². The number of carbonyl (C=O) groups excluding carboxylic acids is 2. The van der Waals surface area contributed by atoms with E-state index in [0.717, 1.165) is 12.8 Å². The quantitative estimate of drug-likeness (QED) is 0.573. The summed E-state index contributed by atoms with van der Waals surface area (Å²) in [5, 5.41) is 0.800. The minimum Gasteiger partial charge on any atom is -0.465 e.